The summed E-state index contributed by atoms with van der Waals surface area (Å²) >= 11 is 1.43. The van der Waals surface area contributed by atoms with Gasteiger partial charge in [-0.15, -0.1) is 11.3 Å². The Balaban J connectivity index is 1.94. The molecule has 0 amide bonds. The highest BCUT2D eigenvalue weighted by Crippen LogP contribution is 2.35. The van der Waals surface area contributed by atoms with Crippen molar-refractivity contribution in [1.82, 2.24) is 14.1 Å². The van der Waals surface area contributed by atoms with E-state index in [0.29, 0.717) is 23.2 Å². The van der Waals surface area contributed by atoms with Crippen LogP contribution in [0.3, 0.4) is 0 Å². The van der Waals surface area contributed by atoms with Crippen molar-refractivity contribution in [3.05, 3.63) is 11.6 Å². The Hall–Kier alpha value is -1.12. The fraction of sp³-hybridized carbons (Fsp3) is 0.615. The van der Waals surface area contributed by atoms with Crippen molar-refractivity contribution < 1.29 is 8.42 Å². The van der Waals surface area contributed by atoms with Crippen molar-refractivity contribution in [2.24, 2.45) is 5.92 Å². The number of aromatic nitrogens is 2. The van der Waals surface area contributed by atoms with Crippen molar-refractivity contribution in [2.75, 3.05) is 11.9 Å². The van der Waals surface area contributed by atoms with Gasteiger partial charge < -0.3 is 5.32 Å². The van der Waals surface area contributed by atoms with Gasteiger partial charge in [0.25, 0.3) is 10.0 Å². The first-order valence-electron chi connectivity index (χ1n) is 7.28. The Morgan fingerprint density at radius 2 is 2.29 bits per heavy atom. The molecule has 2 heterocycles. The zero-order valence-electron chi connectivity index (χ0n) is 12.2. The summed E-state index contributed by atoms with van der Waals surface area (Å²) in [5.74, 6) is 0.919. The molecule has 2 N–H and O–H groups in total. The van der Waals surface area contributed by atoms with Crippen LogP contribution in [0.5, 0.6) is 0 Å². The van der Waals surface area contributed by atoms with Crippen LogP contribution in [0.2, 0.25) is 0 Å². The minimum atomic E-state index is -3.56. The molecule has 2 aromatic heterocycles. The van der Waals surface area contributed by atoms with Gasteiger partial charge in [-0.05, 0) is 18.8 Å². The van der Waals surface area contributed by atoms with Crippen molar-refractivity contribution in [3.8, 4) is 0 Å². The number of nitrogens with one attached hydrogen (secondary N) is 2. The summed E-state index contributed by atoms with van der Waals surface area (Å²) in [7, 11) is -3.56. The topological polar surface area (TPSA) is 75.5 Å². The monoisotopic (exact) mass is 328 g/mol. The molecule has 21 heavy (non-hydrogen) atoms. The molecule has 3 rings (SSSR count). The molecule has 1 saturated carbocycles. The lowest BCUT2D eigenvalue weighted by Crippen LogP contribution is -2.28. The van der Waals surface area contributed by atoms with Crippen LogP contribution in [0, 0.1) is 5.92 Å². The Morgan fingerprint density at radius 3 is 2.95 bits per heavy atom. The summed E-state index contributed by atoms with van der Waals surface area (Å²) < 4.78 is 29.8. The summed E-state index contributed by atoms with van der Waals surface area (Å²) in [4.78, 5) is 5.09. The van der Waals surface area contributed by atoms with Crippen LogP contribution in [-0.4, -0.2) is 30.4 Å². The van der Waals surface area contributed by atoms with E-state index >= 15 is 0 Å². The Morgan fingerprint density at radius 1 is 1.48 bits per heavy atom. The Labute approximate surface area is 128 Å². The molecular formula is C13H20N4O2S2. The van der Waals surface area contributed by atoms with Crippen molar-refractivity contribution in [2.45, 2.75) is 44.2 Å². The zero-order chi connectivity index (χ0) is 15.0. The molecule has 0 aromatic carbocycles. The standard InChI is InChI=1S/C13H20N4O2S2/c1-3-5-14-11-12(17-6-7-20-13(17)15-11)21(18,19)16-10-8-9(10)4-2/h6-7,9-10,14,16H,3-5,8H2,1-2H3. The Bertz CT molecular complexity index is 735. The van der Waals surface area contributed by atoms with Crippen LogP contribution < -0.4 is 10.0 Å². The molecule has 2 unspecified atom stereocenters. The highest BCUT2D eigenvalue weighted by molar-refractivity contribution is 7.89. The van der Waals surface area contributed by atoms with Gasteiger partial charge in [-0.25, -0.2) is 18.1 Å². The number of fused-ring (bicyclic) bond motifs is 1. The quantitative estimate of drug-likeness (QED) is 0.818. The van der Waals surface area contributed by atoms with E-state index in [2.05, 4.69) is 21.9 Å². The molecule has 116 valence electrons. The number of hydrogen-bond donors (Lipinski definition) is 2. The SMILES string of the molecule is CCCNc1nc2sccn2c1S(=O)(=O)NC1CC1CC. The van der Waals surface area contributed by atoms with E-state index in [0.717, 1.165) is 19.3 Å². The number of thiazole rings is 1. The predicted molar refractivity (Wildman–Crippen MR) is 84.4 cm³/mol. The predicted octanol–water partition coefficient (Wildman–Crippen LogP) is 2.29. The fourth-order valence-corrected chi connectivity index (χ4v) is 4.83. The summed E-state index contributed by atoms with van der Waals surface area (Å²) in [6.07, 6.45) is 4.61. The number of sulfonamides is 1. The summed E-state index contributed by atoms with van der Waals surface area (Å²) in [6.45, 7) is 4.82. The van der Waals surface area contributed by atoms with E-state index in [1.165, 1.54) is 11.3 Å². The minimum Gasteiger partial charge on any atom is -0.368 e. The van der Waals surface area contributed by atoms with Gasteiger partial charge in [-0.3, -0.25) is 4.40 Å². The first-order chi connectivity index (χ1) is 10.1. The minimum absolute atomic E-state index is 0.0724. The van der Waals surface area contributed by atoms with Gasteiger partial charge in [0.2, 0.25) is 0 Å². The maximum Gasteiger partial charge on any atom is 0.260 e. The first-order valence-corrected chi connectivity index (χ1v) is 9.64. The maximum absolute atomic E-state index is 12.7. The van der Waals surface area contributed by atoms with Crippen molar-refractivity contribution in [1.29, 1.82) is 0 Å². The second-order valence-corrected chi connectivity index (χ2v) is 7.88. The molecule has 0 aliphatic heterocycles. The molecule has 1 aliphatic carbocycles. The second kappa shape index (κ2) is 5.58. The molecule has 2 atom stereocenters. The number of rotatable bonds is 7. The van der Waals surface area contributed by atoms with Gasteiger partial charge in [0.1, 0.15) is 0 Å². The molecule has 1 aliphatic rings. The molecule has 0 saturated heterocycles. The smallest absolute Gasteiger partial charge is 0.260 e. The number of nitrogens with zero attached hydrogens (tertiary/aromatic N) is 2. The van der Waals surface area contributed by atoms with E-state index in [1.54, 1.807) is 10.6 Å². The molecule has 1 fully saturated rings. The van der Waals surface area contributed by atoms with Crippen LogP contribution in [-0.2, 0) is 10.0 Å². The molecule has 2 aromatic rings. The average Bonchev–Trinajstić information content (AvgIpc) is 2.85. The van der Waals surface area contributed by atoms with Crippen LogP contribution >= 0.6 is 11.3 Å². The van der Waals surface area contributed by atoms with E-state index in [-0.39, 0.29) is 11.1 Å². The average molecular weight is 328 g/mol. The van der Waals surface area contributed by atoms with Gasteiger partial charge >= 0.3 is 0 Å². The third-order valence-corrected chi connectivity index (χ3v) is 6.04. The molecular weight excluding hydrogens is 308 g/mol. The molecule has 8 heteroatoms. The lowest BCUT2D eigenvalue weighted by Gasteiger charge is -2.08. The molecule has 0 radical (unpaired) electrons. The third kappa shape index (κ3) is 2.79. The molecule has 0 spiro atoms. The number of hydrogen-bond acceptors (Lipinski definition) is 5. The summed E-state index contributed by atoms with van der Waals surface area (Å²) in [6, 6.07) is 0.0724. The van der Waals surface area contributed by atoms with Gasteiger partial charge in [-0.2, -0.15) is 0 Å². The highest BCUT2D eigenvalue weighted by Gasteiger charge is 2.40. The van der Waals surface area contributed by atoms with Crippen LogP contribution in [0.1, 0.15) is 33.1 Å². The molecule has 0 bridgehead atoms. The third-order valence-electron chi connectivity index (χ3n) is 3.77. The van der Waals surface area contributed by atoms with Gasteiger partial charge in [-0.1, -0.05) is 20.3 Å². The van der Waals surface area contributed by atoms with Crippen LogP contribution in [0.4, 0.5) is 5.82 Å². The number of imidazole rings is 1. The normalized spacial score (nSPS) is 21.8. The summed E-state index contributed by atoms with van der Waals surface area (Å²) in [5, 5.41) is 5.19. The van der Waals surface area contributed by atoms with Gasteiger partial charge in [0, 0.05) is 24.2 Å². The van der Waals surface area contributed by atoms with Crippen molar-refractivity contribution in [3.63, 3.8) is 0 Å². The van der Waals surface area contributed by atoms with E-state index in [9.17, 15) is 8.42 Å². The lowest BCUT2D eigenvalue weighted by molar-refractivity contribution is 0.571. The van der Waals surface area contributed by atoms with Crippen LogP contribution in [0.25, 0.3) is 4.96 Å². The van der Waals surface area contributed by atoms with E-state index in [1.807, 2.05) is 12.3 Å². The zero-order valence-corrected chi connectivity index (χ0v) is 13.8. The first kappa shape index (κ1) is 14.8. The largest absolute Gasteiger partial charge is 0.368 e. The maximum atomic E-state index is 12.7. The Kier molecular flexibility index (Phi) is 3.94. The highest BCUT2D eigenvalue weighted by atomic mass is 32.2. The molecule has 6 nitrogen and oxygen atoms in total. The van der Waals surface area contributed by atoms with Crippen LogP contribution in [0.15, 0.2) is 16.6 Å². The number of anilines is 1. The summed E-state index contributed by atoms with van der Waals surface area (Å²) in [5.41, 5.74) is 0. The van der Waals surface area contributed by atoms with Gasteiger partial charge in [0.05, 0.1) is 0 Å². The lowest BCUT2D eigenvalue weighted by atomic mass is 10.3. The van der Waals surface area contributed by atoms with Gasteiger partial charge in [0.15, 0.2) is 15.8 Å². The van der Waals surface area contributed by atoms with Crippen molar-refractivity contribution >= 4 is 32.1 Å². The second-order valence-electron chi connectivity index (χ2n) is 5.38. The van der Waals surface area contributed by atoms with E-state index in [4.69, 9.17) is 0 Å². The fourth-order valence-electron chi connectivity index (χ4n) is 2.48. The van der Waals surface area contributed by atoms with E-state index < -0.39 is 10.0 Å².